The zero-order valence-corrected chi connectivity index (χ0v) is 16.7. The van der Waals surface area contributed by atoms with Gasteiger partial charge in [0.15, 0.2) is 0 Å². The predicted molar refractivity (Wildman–Crippen MR) is 109 cm³/mol. The van der Waals surface area contributed by atoms with Crippen molar-refractivity contribution in [3.05, 3.63) is 36.0 Å². The Morgan fingerprint density at radius 2 is 1.69 bits per heavy atom. The lowest BCUT2D eigenvalue weighted by Crippen LogP contribution is -2.52. The van der Waals surface area contributed by atoms with Crippen molar-refractivity contribution >= 4 is 38.8 Å². The van der Waals surface area contributed by atoms with Crippen LogP contribution in [-0.4, -0.2) is 62.0 Å². The zero-order chi connectivity index (χ0) is 17.4. The first-order chi connectivity index (χ1) is 12.0. The normalized spacial score (nSPS) is 21.5. The van der Waals surface area contributed by atoms with Gasteiger partial charge in [-0.2, -0.15) is 0 Å². The van der Waals surface area contributed by atoms with E-state index in [4.69, 9.17) is 4.98 Å². The molecule has 5 nitrogen and oxygen atoms in total. The molecule has 26 heavy (non-hydrogen) atoms. The number of para-hydroxylation sites is 1. The number of hydrogen-bond acceptors (Lipinski definition) is 5. The fraction of sp³-hybridized carbons (Fsp3) is 0.526. The summed E-state index contributed by atoms with van der Waals surface area (Å²) in [7, 11) is -2.78. The monoisotopic (exact) mass is 395 g/mol. The number of pyridine rings is 1. The first-order valence-electron chi connectivity index (χ1n) is 9.08. The Kier molecular flexibility index (Phi) is 5.75. The maximum absolute atomic E-state index is 11.6. The summed E-state index contributed by atoms with van der Waals surface area (Å²) >= 11 is 0. The van der Waals surface area contributed by atoms with Gasteiger partial charge in [0.05, 0.1) is 22.7 Å². The van der Waals surface area contributed by atoms with Gasteiger partial charge < -0.3 is 4.90 Å². The quantitative estimate of drug-likeness (QED) is 0.782. The molecule has 4 rings (SSSR count). The Morgan fingerprint density at radius 1 is 1.00 bits per heavy atom. The van der Waals surface area contributed by atoms with E-state index in [0.29, 0.717) is 17.5 Å². The van der Waals surface area contributed by atoms with Crippen molar-refractivity contribution in [3.8, 4) is 0 Å². The van der Waals surface area contributed by atoms with E-state index in [1.807, 2.05) is 6.92 Å². The van der Waals surface area contributed by atoms with Crippen molar-refractivity contribution in [2.75, 3.05) is 42.6 Å². The maximum atomic E-state index is 11.6. The minimum absolute atomic E-state index is 0. The lowest BCUT2D eigenvalue weighted by molar-refractivity contribution is 0.173. The van der Waals surface area contributed by atoms with Gasteiger partial charge in [-0.15, -0.1) is 12.4 Å². The maximum Gasteiger partial charge on any atom is 0.150 e. The van der Waals surface area contributed by atoms with Crippen molar-refractivity contribution in [3.63, 3.8) is 0 Å². The van der Waals surface area contributed by atoms with Crippen LogP contribution in [0.25, 0.3) is 10.9 Å². The number of halogens is 1. The molecule has 2 fully saturated rings. The standard InChI is InChI=1S/C19H25N3O2S.ClH/c1-15-5-6-16-3-2-4-18(19(16)20-15)22-11-9-21(10-12-22)17-7-13-25(23,24)14-8-17;/h2-6,17H,7-14H2,1H3;1H. The van der Waals surface area contributed by atoms with E-state index in [-0.39, 0.29) is 12.4 Å². The summed E-state index contributed by atoms with van der Waals surface area (Å²) in [5.41, 5.74) is 3.34. The molecule has 2 aliphatic heterocycles. The summed E-state index contributed by atoms with van der Waals surface area (Å²) in [5.74, 6) is 0.703. The number of nitrogens with zero attached hydrogens (tertiary/aromatic N) is 3. The molecule has 7 heteroatoms. The van der Waals surface area contributed by atoms with Crippen molar-refractivity contribution < 1.29 is 8.42 Å². The Hall–Kier alpha value is -1.37. The minimum atomic E-state index is -2.78. The molecular weight excluding hydrogens is 370 g/mol. The predicted octanol–water partition coefficient (Wildman–Crippen LogP) is 2.66. The van der Waals surface area contributed by atoms with Gasteiger partial charge in [0, 0.05) is 43.3 Å². The van der Waals surface area contributed by atoms with Crippen molar-refractivity contribution in [1.82, 2.24) is 9.88 Å². The number of piperazine rings is 1. The van der Waals surface area contributed by atoms with Crippen LogP contribution >= 0.6 is 12.4 Å². The molecular formula is C19H26ClN3O2S. The molecule has 0 spiro atoms. The van der Waals surface area contributed by atoms with Gasteiger partial charge in [-0.05, 0) is 31.9 Å². The fourth-order valence-corrected chi connectivity index (χ4v) is 5.52. The van der Waals surface area contributed by atoms with E-state index in [9.17, 15) is 8.42 Å². The largest absolute Gasteiger partial charge is 0.367 e. The number of rotatable bonds is 2. The van der Waals surface area contributed by atoms with E-state index >= 15 is 0 Å². The third kappa shape index (κ3) is 3.97. The molecule has 0 N–H and O–H groups in total. The topological polar surface area (TPSA) is 53.5 Å². The summed E-state index contributed by atoms with van der Waals surface area (Å²) in [6.07, 6.45) is 1.58. The van der Waals surface area contributed by atoms with Gasteiger partial charge in [0.25, 0.3) is 0 Å². The highest BCUT2D eigenvalue weighted by molar-refractivity contribution is 7.91. The van der Waals surface area contributed by atoms with Gasteiger partial charge in [-0.3, -0.25) is 9.88 Å². The van der Waals surface area contributed by atoms with Gasteiger partial charge in [-0.25, -0.2) is 8.42 Å². The molecule has 2 aliphatic rings. The van der Waals surface area contributed by atoms with Crippen LogP contribution in [0.4, 0.5) is 5.69 Å². The summed E-state index contributed by atoms with van der Waals surface area (Å²) in [6.45, 7) is 5.96. The van der Waals surface area contributed by atoms with Crippen LogP contribution in [0.2, 0.25) is 0 Å². The Balaban J connectivity index is 0.00000196. The van der Waals surface area contributed by atoms with Crippen molar-refractivity contribution in [2.24, 2.45) is 0 Å². The molecule has 142 valence electrons. The van der Waals surface area contributed by atoms with Gasteiger partial charge in [-0.1, -0.05) is 18.2 Å². The van der Waals surface area contributed by atoms with Crippen molar-refractivity contribution in [2.45, 2.75) is 25.8 Å². The number of benzene rings is 1. The van der Waals surface area contributed by atoms with E-state index in [1.165, 1.54) is 11.1 Å². The third-order valence-electron chi connectivity index (χ3n) is 5.53. The molecule has 0 amide bonds. The molecule has 1 aromatic carbocycles. The van der Waals surface area contributed by atoms with Crippen LogP contribution in [0.5, 0.6) is 0 Å². The average Bonchev–Trinajstić information content (AvgIpc) is 2.61. The molecule has 0 aliphatic carbocycles. The second-order valence-corrected chi connectivity index (χ2v) is 9.51. The van der Waals surface area contributed by atoms with E-state index in [0.717, 1.165) is 50.2 Å². The van der Waals surface area contributed by atoms with Crippen molar-refractivity contribution in [1.29, 1.82) is 0 Å². The summed E-state index contributed by atoms with van der Waals surface area (Å²) in [6, 6.07) is 11.0. The van der Waals surface area contributed by atoms with Gasteiger partial charge in [0.2, 0.25) is 0 Å². The molecule has 0 saturated carbocycles. The SMILES string of the molecule is Cc1ccc2cccc(N3CCN(C4CCS(=O)(=O)CC4)CC3)c2n1.Cl. The Bertz CT molecular complexity index is 865. The van der Waals surface area contributed by atoms with E-state index < -0.39 is 9.84 Å². The van der Waals surface area contributed by atoms with Crippen LogP contribution in [0.1, 0.15) is 18.5 Å². The number of fused-ring (bicyclic) bond motifs is 1. The van der Waals surface area contributed by atoms with Crippen LogP contribution in [-0.2, 0) is 9.84 Å². The highest BCUT2D eigenvalue weighted by Gasteiger charge is 2.30. The summed E-state index contributed by atoms with van der Waals surface area (Å²) in [4.78, 5) is 9.66. The first-order valence-corrected chi connectivity index (χ1v) is 10.9. The number of anilines is 1. The molecule has 3 heterocycles. The smallest absolute Gasteiger partial charge is 0.150 e. The van der Waals surface area contributed by atoms with E-state index in [1.54, 1.807) is 0 Å². The van der Waals surface area contributed by atoms with Crippen LogP contribution in [0.15, 0.2) is 30.3 Å². The molecule has 2 aromatic rings. The van der Waals surface area contributed by atoms with Crippen LogP contribution in [0.3, 0.4) is 0 Å². The summed E-state index contributed by atoms with van der Waals surface area (Å²) in [5, 5.41) is 1.18. The van der Waals surface area contributed by atoms with E-state index in [2.05, 4.69) is 40.1 Å². The molecule has 1 aromatic heterocycles. The lowest BCUT2D eigenvalue weighted by atomic mass is 10.1. The second-order valence-electron chi connectivity index (χ2n) is 7.21. The zero-order valence-electron chi connectivity index (χ0n) is 15.1. The van der Waals surface area contributed by atoms with Gasteiger partial charge in [0.1, 0.15) is 9.84 Å². The summed E-state index contributed by atoms with van der Waals surface area (Å²) < 4.78 is 23.3. The average molecular weight is 396 g/mol. The Morgan fingerprint density at radius 3 is 2.38 bits per heavy atom. The highest BCUT2D eigenvalue weighted by atomic mass is 35.5. The Labute approximate surface area is 161 Å². The number of sulfone groups is 1. The fourth-order valence-electron chi connectivity index (χ4n) is 4.05. The minimum Gasteiger partial charge on any atom is -0.367 e. The number of hydrogen-bond donors (Lipinski definition) is 0. The first kappa shape index (κ1) is 19.4. The number of aromatic nitrogens is 1. The molecule has 0 atom stereocenters. The van der Waals surface area contributed by atoms with Crippen LogP contribution < -0.4 is 4.90 Å². The second kappa shape index (κ2) is 7.71. The molecule has 0 unspecified atom stereocenters. The van der Waals surface area contributed by atoms with Gasteiger partial charge >= 0.3 is 0 Å². The molecule has 2 saturated heterocycles. The highest BCUT2D eigenvalue weighted by Crippen LogP contribution is 2.27. The number of aryl methyl sites for hydroxylation is 1. The van der Waals surface area contributed by atoms with Crippen LogP contribution in [0, 0.1) is 6.92 Å². The molecule has 0 radical (unpaired) electrons. The molecule has 0 bridgehead atoms. The lowest BCUT2D eigenvalue weighted by Gasteiger charge is -2.41. The third-order valence-corrected chi connectivity index (χ3v) is 7.25.